The Morgan fingerprint density at radius 3 is 2.46 bits per heavy atom. The molecule has 0 aliphatic carbocycles. The molecule has 3 rings (SSSR count). The van der Waals surface area contributed by atoms with Crippen LogP contribution in [0.5, 0.6) is 5.75 Å². The number of amides is 1. The van der Waals surface area contributed by atoms with Crippen LogP contribution in [0.15, 0.2) is 36.4 Å². The van der Waals surface area contributed by atoms with E-state index in [1.165, 1.54) is 0 Å². The van der Waals surface area contributed by atoms with Gasteiger partial charge in [-0.05, 0) is 36.3 Å². The van der Waals surface area contributed by atoms with Crippen molar-refractivity contribution in [1.82, 2.24) is 4.90 Å². The van der Waals surface area contributed by atoms with Gasteiger partial charge < -0.3 is 15.4 Å². The average molecular weight is 371 g/mol. The molecular weight excluding hydrogens is 344 g/mol. The van der Waals surface area contributed by atoms with Crippen molar-refractivity contribution in [1.29, 1.82) is 0 Å². The van der Waals surface area contributed by atoms with Gasteiger partial charge in [-0.1, -0.05) is 50.3 Å². The van der Waals surface area contributed by atoms with Crippen molar-refractivity contribution >= 4 is 33.9 Å². The summed E-state index contributed by atoms with van der Waals surface area (Å²) >= 11 is 5.79. The first-order valence-corrected chi connectivity index (χ1v) is 9.61. The second kappa shape index (κ2) is 8.04. The molecule has 0 bridgehead atoms. The maximum absolute atomic E-state index is 11.4. The minimum absolute atomic E-state index is 0.0300. The van der Waals surface area contributed by atoms with Gasteiger partial charge in [-0.3, -0.25) is 4.79 Å². The molecule has 0 unspecified atom stereocenters. The lowest BCUT2D eigenvalue weighted by atomic mass is 9.95. The molecule has 2 aromatic rings. The van der Waals surface area contributed by atoms with Gasteiger partial charge >= 0.3 is 0 Å². The van der Waals surface area contributed by atoms with Gasteiger partial charge in [0.2, 0.25) is 5.91 Å². The Hall–Kier alpha value is -2.14. The highest BCUT2D eigenvalue weighted by atomic mass is 32.1. The monoisotopic (exact) mass is 370 g/mol. The summed E-state index contributed by atoms with van der Waals surface area (Å²) in [5, 5.41) is 2.19. The molecule has 1 aliphatic rings. The summed E-state index contributed by atoms with van der Waals surface area (Å²) in [6.45, 7) is 6.51. The fourth-order valence-corrected chi connectivity index (χ4v) is 3.74. The summed E-state index contributed by atoms with van der Waals surface area (Å²) < 4.78 is 5.99. The molecule has 1 heterocycles. The molecule has 1 saturated heterocycles. The molecule has 1 fully saturated rings. The summed E-state index contributed by atoms with van der Waals surface area (Å²) in [4.78, 5) is 14.4. The number of carbonyl (C=O) groups is 1. The molecule has 1 aliphatic heterocycles. The van der Waals surface area contributed by atoms with Gasteiger partial charge in [-0.15, -0.1) is 0 Å². The fourth-order valence-electron chi connectivity index (χ4n) is 3.38. The molecule has 0 saturated carbocycles. The normalized spacial score (nSPS) is 15.4. The predicted octanol–water partition coefficient (Wildman–Crippen LogP) is 3.75. The lowest BCUT2D eigenvalue weighted by Gasteiger charge is -2.33. The summed E-state index contributed by atoms with van der Waals surface area (Å²) in [7, 11) is 0. The van der Waals surface area contributed by atoms with Crippen LogP contribution >= 0.6 is 12.2 Å². The van der Waals surface area contributed by atoms with Crippen LogP contribution < -0.4 is 10.5 Å². The van der Waals surface area contributed by atoms with Gasteiger partial charge in [-0.25, -0.2) is 0 Å². The number of primary amides is 1. The van der Waals surface area contributed by atoms with Crippen LogP contribution in [0.1, 0.15) is 32.3 Å². The van der Waals surface area contributed by atoms with Crippen LogP contribution in [0.3, 0.4) is 0 Å². The summed E-state index contributed by atoms with van der Waals surface area (Å²) in [6.07, 6.45) is 1.53. The van der Waals surface area contributed by atoms with E-state index in [2.05, 4.69) is 36.9 Å². The van der Waals surface area contributed by atoms with Gasteiger partial charge in [0.05, 0.1) is 6.61 Å². The first-order chi connectivity index (χ1) is 12.5. The van der Waals surface area contributed by atoms with Crippen LogP contribution in [-0.4, -0.2) is 35.5 Å². The number of nitrogens with zero attached hydrogens (tertiary/aromatic N) is 1. The molecule has 0 spiro atoms. The average Bonchev–Trinajstić information content (AvgIpc) is 2.65. The number of carbonyl (C=O) groups excluding carboxylic acids is 1. The number of nitrogens with two attached hydrogens (primary N) is 1. The third-order valence-electron chi connectivity index (χ3n) is 4.87. The number of fused-ring (bicyclic) bond motifs is 1. The zero-order valence-electron chi connectivity index (χ0n) is 15.4. The molecular formula is C21H26N2O2S. The highest BCUT2D eigenvalue weighted by molar-refractivity contribution is 7.80. The van der Waals surface area contributed by atoms with Crippen molar-refractivity contribution in [2.45, 2.75) is 26.7 Å². The van der Waals surface area contributed by atoms with E-state index in [0.717, 1.165) is 53.0 Å². The van der Waals surface area contributed by atoms with E-state index >= 15 is 0 Å². The van der Waals surface area contributed by atoms with Gasteiger partial charge in [0, 0.05) is 30.0 Å². The molecule has 4 nitrogen and oxygen atoms in total. The number of hydrogen-bond acceptors (Lipinski definition) is 3. The predicted molar refractivity (Wildman–Crippen MR) is 109 cm³/mol. The van der Waals surface area contributed by atoms with E-state index in [1.54, 1.807) is 0 Å². The van der Waals surface area contributed by atoms with Crippen LogP contribution in [0.4, 0.5) is 0 Å². The molecule has 1 amide bonds. The van der Waals surface area contributed by atoms with Crippen molar-refractivity contribution in [2.24, 2.45) is 17.6 Å². The topological polar surface area (TPSA) is 55.6 Å². The molecule has 2 aromatic carbocycles. The number of likely N-dealkylation sites (tertiary alicyclic amines) is 1. The van der Waals surface area contributed by atoms with Crippen molar-refractivity contribution in [2.75, 3.05) is 19.7 Å². The Morgan fingerprint density at radius 1 is 1.19 bits per heavy atom. The second-order valence-electron chi connectivity index (χ2n) is 7.33. The fraction of sp³-hybridized carbons (Fsp3) is 0.429. The highest BCUT2D eigenvalue weighted by Crippen LogP contribution is 2.31. The Morgan fingerprint density at radius 2 is 1.85 bits per heavy atom. The minimum Gasteiger partial charge on any atom is -0.493 e. The largest absolute Gasteiger partial charge is 0.493 e. The number of rotatable bonds is 5. The molecule has 0 aromatic heterocycles. The Balaban J connectivity index is 1.85. The summed E-state index contributed by atoms with van der Waals surface area (Å²) in [5.74, 6) is 1.14. The Bertz CT molecular complexity index is 811. The number of benzene rings is 2. The SMILES string of the molecule is CC(C)COc1ccc(C(=S)N2CCC(C(N)=O)CC2)c2ccccc12. The number of thiocarbonyl (C=S) groups is 1. The van der Waals surface area contributed by atoms with Crippen LogP contribution in [-0.2, 0) is 4.79 Å². The maximum atomic E-state index is 11.4. The molecule has 2 N–H and O–H groups in total. The van der Waals surface area contributed by atoms with Crippen molar-refractivity contribution in [3.8, 4) is 5.75 Å². The van der Waals surface area contributed by atoms with E-state index in [0.29, 0.717) is 12.5 Å². The maximum Gasteiger partial charge on any atom is 0.220 e. The van der Waals surface area contributed by atoms with Crippen LogP contribution in [0, 0.1) is 11.8 Å². The zero-order chi connectivity index (χ0) is 18.7. The van der Waals surface area contributed by atoms with Gasteiger partial charge in [-0.2, -0.15) is 0 Å². The molecule has 138 valence electrons. The third kappa shape index (κ3) is 3.98. The first kappa shape index (κ1) is 18.6. The van der Waals surface area contributed by atoms with Crippen LogP contribution in [0.25, 0.3) is 10.8 Å². The molecule has 0 atom stereocenters. The molecule has 26 heavy (non-hydrogen) atoms. The van der Waals surface area contributed by atoms with Crippen molar-refractivity contribution < 1.29 is 9.53 Å². The number of piperidine rings is 1. The number of ether oxygens (including phenoxy) is 1. The lowest BCUT2D eigenvalue weighted by molar-refractivity contribution is -0.122. The van der Waals surface area contributed by atoms with Gasteiger partial charge in [0.15, 0.2) is 0 Å². The second-order valence-corrected chi connectivity index (χ2v) is 7.72. The lowest BCUT2D eigenvalue weighted by Crippen LogP contribution is -2.41. The minimum atomic E-state index is -0.201. The quantitative estimate of drug-likeness (QED) is 0.815. The van der Waals surface area contributed by atoms with Crippen molar-refractivity contribution in [3.63, 3.8) is 0 Å². The molecule has 0 radical (unpaired) electrons. The standard InChI is InChI=1S/C21H26N2O2S/c1-14(2)13-25-19-8-7-18(16-5-3-4-6-17(16)19)21(26)23-11-9-15(10-12-23)20(22)24/h3-8,14-15H,9-13H2,1-2H3,(H2,22,24). The van der Waals surface area contributed by atoms with Gasteiger partial charge in [0.1, 0.15) is 10.7 Å². The Labute approximate surface area is 160 Å². The van der Waals surface area contributed by atoms with E-state index in [9.17, 15) is 4.79 Å². The van der Waals surface area contributed by atoms with Crippen molar-refractivity contribution in [3.05, 3.63) is 42.0 Å². The smallest absolute Gasteiger partial charge is 0.220 e. The van der Waals surface area contributed by atoms with E-state index in [4.69, 9.17) is 22.7 Å². The van der Waals surface area contributed by atoms with Gasteiger partial charge in [0.25, 0.3) is 0 Å². The summed E-state index contributed by atoms with van der Waals surface area (Å²) in [6, 6.07) is 12.3. The van der Waals surface area contributed by atoms with Crippen LogP contribution in [0.2, 0.25) is 0 Å². The molecule has 5 heteroatoms. The highest BCUT2D eigenvalue weighted by Gasteiger charge is 2.25. The van der Waals surface area contributed by atoms with E-state index in [1.807, 2.05) is 18.2 Å². The Kier molecular flexibility index (Phi) is 5.77. The first-order valence-electron chi connectivity index (χ1n) is 9.20. The zero-order valence-corrected chi connectivity index (χ0v) is 16.2. The number of hydrogen-bond donors (Lipinski definition) is 1. The van der Waals surface area contributed by atoms with E-state index < -0.39 is 0 Å². The summed E-state index contributed by atoms with van der Waals surface area (Å²) in [5.41, 5.74) is 6.48. The van der Waals surface area contributed by atoms with E-state index in [-0.39, 0.29) is 11.8 Å². The third-order valence-corrected chi connectivity index (χ3v) is 5.35.